The van der Waals surface area contributed by atoms with E-state index in [1.807, 2.05) is 0 Å². The van der Waals surface area contributed by atoms with Gasteiger partial charge in [-0.25, -0.2) is 0 Å². The highest BCUT2D eigenvalue weighted by Crippen LogP contribution is 2.26. The van der Waals surface area contributed by atoms with Crippen LogP contribution in [0, 0.1) is 0 Å². The number of hydrogen-bond donors (Lipinski definition) is 2. The number of benzene rings is 2. The van der Waals surface area contributed by atoms with Crippen LogP contribution >= 0.6 is 0 Å². The van der Waals surface area contributed by atoms with Crippen LogP contribution < -0.4 is 11.5 Å². The minimum atomic E-state index is -0.587. The van der Waals surface area contributed by atoms with Crippen LogP contribution in [0.4, 0.5) is 5.69 Å². The van der Waals surface area contributed by atoms with Gasteiger partial charge in [0.1, 0.15) is 0 Å². The number of nitrogen functional groups attached to an aromatic ring is 1. The van der Waals surface area contributed by atoms with Gasteiger partial charge in [0.2, 0.25) is 5.91 Å². The fraction of sp³-hybridized carbons (Fsp3) is 0.0769. The number of primary amides is 1. The maximum atomic E-state index is 11.5. The van der Waals surface area contributed by atoms with Crippen LogP contribution in [0.2, 0.25) is 0 Å². The zero-order valence-corrected chi connectivity index (χ0v) is 9.36. The van der Waals surface area contributed by atoms with Crippen molar-refractivity contribution in [3.8, 4) is 0 Å². The molecule has 0 heterocycles. The molecular weight excluding hydrogens is 216 g/mol. The Balaban J connectivity index is 2.96. The lowest BCUT2D eigenvalue weighted by atomic mass is 9.96. The number of fused-ring (bicyclic) bond motifs is 1. The molecule has 2 aromatic rings. The lowest BCUT2D eigenvalue weighted by molar-refractivity contribution is 0.100. The average Bonchev–Trinajstić information content (AvgIpc) is 2.26. The molecule has 4 N–H and O–H groups in total. The summed E-state index contributed by atoms with van der Waals surface area (Å²) < 4.78 is 0. The van der Waals surface area contributed by atoms with E-state index in [1.54, 1.807) is 24.3 Å². The number of amides is 1. The van der Waals surface area contributed by atoms with Crippen molar-refractivity contribution in [2.75, 3.05) is 5.73 Å². The second kappa shape index (κ2) is 3.90. The van der Waals surface area contributed by atoms with Gasteiger partial charge in [-0.1, -0.05) is 18.2 Å². The van der Waals surface area contributed by atoms with Crippen LogP contribution in [0.3, 0.4) is 0 Å². The second-order valence-electron chi connectivity index (χ2n) is 3.89. The van der Waals surface area contributed by atoms with Crippen LogP contribution in [0.5, 0.6) is 0 Å². The van der Waals surface area contributed by atoms with Gasteiger partial charge < -0.3 is 11.5 Å². The van der Waals surface area contributed by atoms with Crippen molar-refractivity contribution >= 4 is 28.2 Å². The molecule has 0 saturated carbocycles. The largest absolute Gasteiger partial charge is 0.399 e. The van der Waals surface area contributed by atoms with Gasteiger partial charge in [-0.3, -0.25) is 9.59 Å². The molecule has 17 heavy (non-hydrogen) atoms. The number of nitrogens with two attached hydrogens (primary N) is 2. The molecule has 0 aliphatic heterocycles. The van der Waals surface area contributed by atoms with Gasteiger partial charge in [-0.05, 0) is 24.4 Å². The summed E-state index contributed by atoms with van der Waals surface area (Å²) in [6.07, 6.45) is 0. The van der Waals surface area contributed by atoms with Crippen molar-refractivity contribution in [2.24, 2.45) is 5.73 Å². The van der Waals surface area contributed by atoms with Crippen molar-refractivity contribution in [1.82, 2.24) is 0 Å². The van der Waals surface area contributed by atoms with E-state index in [9.17, 15) is 9.59 Å². The van der Waals surface area contributed by atoms with Crippen molar-refractivity contribution < 1.29 is 9.59 Å². The highest BCUT2D eigenvalue weighted by atomic mass is 16.1. The van der Waals surface area contributed by atoms with Gasteiger partial charge in [0.05, 0.1) is 0 Å². The van der Waals surface area contributed by atoms with Gasteiger partial charge in [0, 0.05) is 22.2 Å². The molecule has 0 atom stereocenters. The predicted molar refractivity (Wildman–Crippen MR) is 66.9 cm³/mol. The third kappa shape index (κ3) is 1.85. The van der Waals surface area contributed by atoms with Gasteiger partial charge in [-0.2, -0.15) is 0 Å². The van der Waals surface area contributed by atoms with Gasteiger partial charge >= 0.3 is 0 Å². The third-order valence-corrected chi connectivity index (χ3v) is 2.64. The van der Waals surface area contributed by atoms with E-state index in [-0.39, 0.29) is 11.3 Å². The molecule has 0 radical (unpaired) electrons. The Bertz CT molecular complexity index is 633. The van der Waals surface area contributed by atoms with Gasteiger partial charge in [0.15, 0.2) is 5.78 Å². The summed E-state index contributed by atoms with van der Waals surface area (Å²) in [7, 11) is 0. The predicted octanol–water partition coefficient (Wildman–Crippen LogP) is 1.72. The normalized spacial score (nSPS) is 10.4. The molecular formula is C13H12N2O2. The second-order valence-corrected chi connectivity index (χ2v) is 3.89. The Hall–Kier alpha value is -2.36. The fourth-order valence-corrected chi connectivity index (χ4v) is 1.94. The van der Waals surface area contributed by atoms with Crippen LogP contribution in [-0.2, 0) is 0 Å². The molecule has 0 aliphatic carbocycles. The molecule has 0 aliphatic rings. The molecule has 1 amide bonds. The highest BCUT2D eigenvalue weighted by Gasteiger charge is 2.13. The summed E-state index contributed by atoms with van der Waals surface area (Å²) >= 11 is 0. The fourth-order valence-electron chi connectivity index (χ4n) is 1.94. The first-order valence-electron chi connectivity index (χ1n) is 5.13. The Labute approximate surface area is 98.2 Å². The molecule has 0 unspecified atom stereocenters. The monoisotopic (exact) mass is 228 g/mol. The van der Waals surface area contributed by atoms with Gasteiger partial charge in [-0.15, -0.1) is 0 Å². The van der Waals surface area contributed by atoms with Crippen molar-refractivity contribution in [3.05, 3.63) is 41.5 Å². The first-order chi connectivity index (χ1) is 8.00. The molecule has 0 bridgehead atoms. The van der Waals surface area contributed by atoms with Crippen molar-refractivity contribution in [3.63, 3.8) is 0 Å². The van der Waals surface area contributed by atoms with E-state index in [1.165, 1.54) is 13.0 Å². The summed E-state index contributed by atoms with van der Waals surface area (Å²) in [6, 6.07) is 8.44. The smallest absolute Gasteiger partial charge is 0.249 e. The minimum Gasteiger partial charge on any atom is -0.399 e. The first kappa shape index (κ1) is 11.1. The van der Waals surface area contributed by atoms with Crippen molar-refractivity contribution in [2.45, 2.75) is 6.92 Å². The molecule has 0 aromatic heterocycles. The van der Waals surface area contributed by atoms with Crippen LogP contribution in [0.1, 0.15) is 27.6 Å². The number of anilines is 1. The molecule has 0 fully saturated rings. The summed E-state index contributed by atoms with van der Waals surface area (Å²) in [5.41, 5.74) is 12.2. The summed E-state index contributed by atoms with van der Waals surface area (Å²) in [5.74, 6) is -0.695. The minimum absolute atomic E-state index is 0.108. The van der Waals surface area contributed by atoms with Crippen LogP contribution in [-0.4, -0.2) is 11.7 Å². The Morgan fingerprint density at radius 3 is 2.41 bits per heavy atom. The molecule has 4 nitrogen and oxygen atoms in total. The topological polar surface area (TPSA) is 86.2 Å². The quantitative estimate of drug-likeness (QED) is 0.606. The Morgan fingerprint density at radius 2 is 1.82 bits per heavy atom. The lowest BCUT2D eigenvalue weighted by Gasteiger charge is -2.08. The SMILES string of the molecule is CC(=O)c1cccc2cc(N)cc(C(N)=O)c12. The van der Waals surface area contributed by atoms with E-state index in [0.29, 0.717) is 16.6 Å². The number of rotatable bonds is 2. The summed E-state index contributed by atoms with van der Waals surface area (Å²) in [5, 5.41) is 1.31. The average molecular weight is 228 g/mol. The van der Waals surface area contributed by atoms with E-state index < -0.39 is 5.91 Å². The van der Waals surface area contributed by atoms with Crippen LogP contribution in [0.25, 0.3) is 10.8 Å². The lowest BCUT2D eigenvalue weighted by Crippen LogP contribution is -2.13. The summed E-state index contributed by atoms with van der Waals surface area (Å²) in [6.45, 7) is 1.45. The maximum Gasteiger partial charge on any atom is 0.249 e. The van der Waals surface area contributed by atoms with E-state index >= 15 is 0 Å². The standard InChI is InChI=1S/C13H12N2O2/c1-7(16)10-4-2-3-8-5-9(14)6-11(12(8)10)13(15)17/h2-6H,14H2,1H3,(H2,15,17). The third-order valence-electron chi connectivity index (χ3n) is 2.64. The van der Waals surface area contributed by atoms with E-state index in [2.05, 4.69) is 0 Å². The summed E-state index contributed by atoms with van der Waals surface area (Å²) in [4.78, 5) is 22.9. The van der Waals surface area contributed by atoms with E-state index in [0.717, 1.165) is 5.39 Å². The van der Waals surface area contributed by atoms with Crippen LogP contribution in [0.15, 0.2) is 30.3 Å². The molecule has 86 valence electrons. The van der Waals surface area contributed by atoms with Crippen molar-refractivity contribution in [1.29, 1.82) is 0 Å². The molecule has 0 spiro atoms. The van der Waals surface area contributed by atoms with Gasteiger partial charge in [0.25, 0.3) is 0 Å². The Kier molecular flexibility index (Phi) is 2.55. The number of Topliss-reactive ketones (excluding diaryl/α,β-unsaturated/α-hetero) is 1. The Morgan fingerprint density at radius 1 is 1.12 bits per heavy atom. The number of ketones is 1. The zero-order chi connectivity index (χ0) is 12.6. The highest BCUT2D eigenvalue weighted by molar-refractivity contribution is 6.16. The number of hydrogen-bond acceptors (Lipinski definition) is 3. The van der Waals surface area contributed by atoms with E-state index in [4.69, 9.17) is 11.5 Å². The molecule has 0 saturated heterocycles. The maximum absolute atomic E-state index is 11.5. The first-order valence-corrected chi connectivity index (χ1v) is 5.13. The molecule has 4 heteroatoms. The molecule has 2 rings (SSSR count). The number of carbonyl (C=O) groups is 2. The number of carbonyl (C=O) groups excluding carboxylic acids is 2. The molecule has 2 aromatic carbocycles. The zero-order valence-electron chi connectivity index (χ0n) is 9.36.